The zero-order valence-corrected chi connectivity index (χ0v) is 10.6. The zero-order valence-electron chi connectivity index (χ0n) is 10.6. The van der Waals surface area contributed by atoms with Crippen molar-refractivity contribution in [3.8, 4) is 0 Å². The second-order valence-electron chi connectivity index (χ2n) is 4.83. The van der Waals surface area contributed by atoms with Gasteiger partial charge in [0, 0.05) is 19.0 Å². The summed E-state index contributed by atoms with van der Waals surface area (Å²) in [4.78, 5) is 23.1. The number of carbonyl (C=O) groups excluding carboxylic acids is 1. The predicted octanol–water partition coefficient (Wildman–Crippen LogP) is 2.46. The van der Waals surface area contributed by atoms with Crippen LogP contribution in [0, 0.1) is 28.8 Å². The molecule has 6 heteroatoms. The van der Waals surface area contributed by atoms with Crippen molar-refractivity contribution < 1.29 is 14.1 Å². The largest absolute Gasteiger partial charge is 0.365 e. The summed E-state index contributed by atoms with van der Waals surface area (Å²) in [5.74, 6) is -0.696. The van der Waals surface area contributed by atoms with Gasteiger partial charge in [0.15, 0.2) is 0 Å². The lowest BCUT2D eigenvalue weighted by Crippen LogP contribution is -2.36. The van der Waals surface area contributed by atoms with Crippen molar-refractivity contribution in [2.75, 3.05) is 18.0 Å². The maximum absolute atomic E-state index is 13.5. The Hall–Kier alpha value is -1.98. The molecular weight excluding hydrogens is 251 g/mol. The van der Waals surface area contributed by atoms with E-state index in [0.29, 0.717) is 24.3 Å². The van der Waals surface area contributed by atoms with Crippen LogP contribution in [0.5, 0.6) is 0 Å². The maximum atomic E-state index is 13.5. The number of aldehydes is 1. The Morgan fingerprint density at radius 1 is 1.53 bits per heavy atom. The summed E-state index contributed by atoms with van der Waals surface area (Å²) >= 11 is 0. The van der Waals surface area contributed by atoms with Gasteiger partial charge in [-0.15, -0.1) is 0 Å². The van der Waals surface area contributed by atoms with Crippen LogP contribution in [0.2, 0.25) is 0 Å². The van der Waals surface area contributed by atoms with Gasteiger partial charge >= 0.3 is 0 Å². The third kappa shape index (κ3) is 2.72. The van der Waals surface area contributed by atoms with Crippen LogP contribution in [-0.2, 0) is 4.79 Å². The van der Waals surface area contributed by atoms with E-state index in [9.17, 15) is 19.3 Å². The topological polar surface area (TPSA) is 63.5 Å². The van der Waals surface area contributed by atoms with Crippen LogP contribution in [0.3, 0.4) is 0 Å². The molecule has 0 aromatic heterocycles. The van der Waals surface area contributed by atoms with Crippen molar-refractivity contribution >= 4 is 17.7 Å². The fourth-order valence-electron chi connectivity index (χ4n) is 2.40. The molecule has 19 heavy (non-hydrogen) atoms. The van der Waals surface area contributed by atoms with Gasteiger partial charge < -0.3 is 9.69 Å². The lowest BCUT2D eigenvalue weighted by molar-refractivity contribution is -0.384. The summed E-state index contributed by atoms with van der Waals surface area (Å²) in [7, 11) is 0. The van der Waals surface area contributed by atoms with E-state index in [4.69, 9.17) is 0 Å². The highest BCUT2D eigenvalue weighted by Crippen LogP contribution is 2.33. The van der Waals surface area contributed by atoms with Gasteiger partial charge in [0.05, 0.1) is 11.0 Å². The van der Waals surface area contributed by atoms with E-state index in [1.165, 1.54) is 6.07 Å². The van der Waals surface area contributed by atoms with E-state index in [0.717, 1.165) is 25.2 Å². The van der Waals surface area contributed by atoms with E-state index in [1.54, 1.807) is 11.8 Å². The first kappa shape index (κ1) is 13.5. The molecule has 1 unspecified atom stereocenters. The molecular formula is C13H15FN2O3. The highest BCUT2D eigenvalue weighted by molar-refractivity contribution is 5.66. The first-order valence-electron chi connectivity index (χ1n) is 6.17. The van der Waals surface area contributed by atoms with Gasteiger partial charge in [-0.25, -0.2) is 4.39 Å². The number of anilines is 1. The monoisotopic (exact) mass is 266 g/mol. The molecule has 5 nitrogen and oxygen atoms in total. The summed E-state index contributed by atoms with van der Waals surface area (Å²) in [6.07, 6.45) is 2.49. The number of carbonyl (C=O) groups is 1. The van der Waals surface area contributed by atoms with Crippen molar-refractivity contribution in [1.29, 1.82) is 0 Å². The van der Waals surface area contributed by atoms with Gasteiger partial charge in [0.2, 0.25) is 0 Å². The van der Waals surface area contributed by atoms with Crippen molar-refractivity contribution in [1.82, 2.24) is 0 Å². The van der Waals surface area contributed by atoms with E-state index in [1.807, 2.05) is 0 Å². The van der Waals surface area contributed by atoms with Crippen LogP contribution >= 0.6 is 0 Å². The number of benzene rings is 1. The van der Waals surface area contributed by atoms with Crippen LogP contribution in [0.1, 0.15) is 18.4 Å². The maximum Gasteiger partial charge on any atom is 0.295 e. The van der Waals surface area contributed by atoms with Gasteiger partial charge in [-0.1, -0.05) is 0 Å². The molecule has 0 radical (unpaired) electrons. The standard InChI is InChI=1S/C13H15FN2O3/c1-9-5-12(13(16(18)19)6-11(9)14)15-4-2-3-10(7-15)8-17/h5-6,8,10H,2-4,7H2,1H3. The molecule has 0 spiro atoms. The SMILES string of the molecule is Cc1cc(N2CCCC(C=O)C2)c([N+](=O)[O-])cc1F. The molecule has 1 aromatic rings. The van der Waals surface area contributed by atoms with Crippen molar-refractivity contribution in [3.63, 3.8) is 0 Å². The molecule has 0 N–H and O–H groups in total. The Morgan fingerprint density at radius 3 is 2.89 bits per heavy atom. The highest BCUT2D eigenvalue weighted by atomic mass is 19.1. The molecule has 1 saturated heterocycles. The highest BCUT2D eigenvalue weighted by Gasteiger charge is 2.26. The summed E-state index contributed by atoms with van der Waals surface area (Å²) in [6.45, 7) is 2.68. The molecule has 0 aliphatic carbocycles. The van der Waals surface area contributed by atoms with Gasteiger partial charge in [-0.05, 0) is 31.4 Å². The predicted molar refractivity (Wildman–Crippen MR) is 68.8 cm³/mol. The van der Waals surface area contributed by atoms with Crippen molar-refractivity contribution in [3.05, 3.63) is 33.6 Å². The number of aryl methyl sites for hydroxylation is 1. The Kier molecular flexibility index (Phi) is 3.78. The minimum absolute atomic E-state index is 0.112. The fraction of sp³-hybridized carbons (Fsp3) is 0.462. The summed E-state index contributed by atoms with van der Waals surface area (Å²) in [5.41, 5.74) is 0.527. The number of nitro benzene ring substituents is 1. The van der Waals surface area contributed by atoms with Crippen LogP contribution in [-0.4, -0.2) is 24.3 Å². The first-order valence-corrected chi connectivity index (χ1v) is 6.17. The third-order valence-electron chi connectivity index (χ3n) is 3.44. The third-order valence-corrected chi connectivity index (χ3v) is 3.44. The van der Waals surface area contributed by atoms with Crippen molar-refractivity contribution in [2.24, 2.45) is 5.92 Å². The average molecular weight is 266 g/mol. The lowest BCUT2D eigenvalue weighted by atomic mass is 9.98. The minimum Gasteiger partial charge on any atom is -0.365 e. The average Bonchev–Trinajstić information content (AvgIpc) is 2.41. The first-order chi connectivity index (χ1) is 9.02. The van der Waals surface area contributed by atoms with Gasteiger partial charge in [0.1, 0.15) is 17.8 Å². The minimum atomic E-state index is -0.584. The number of nitro groups is 1. The van der Waals surface area contributed by atoms with Crippen LogP contribution in [0.15, 0.2) is 12.1 Å². The molecule has 1 aromatic carbocycles. The molecule has 1 aliphatic rings. The number of nitrogens with zero attached hydrogens (tertiary/aromatic N) is 2. The number of halogens is 1. The Balaban J connectivity index is 2.40. The van der Waals surface area contributed by atoms with E-state index < -0.39 is 10.7 Å². The van der Waals surface area contributed by atoms with Gasteiger partial charge in [-0.2, -0.15) is 0 Å². The fourth-order valence-corrected chi connectivity index (χ4v) is 2.40. The number of rotatable bonds is 3. The van der Waals surface area contributed by atoms with Crippen LogP contribution in [0.4, 0.5) is 15.8 Å². The number of hydrogen-bond acceptors (Lipinski definition) is 4. The normalized spacial score (nSPS) is 19.3. The molecule has 0 amide bonds. The Bertz CT molecular complexity index is 519. The van der Waals surface area contributed by atoms with E-state index in [2.05, 4.69) is 0 Å². The molecule has 1 atom stereocenters. The second kappa shape index (κ2) is 5.34. The van der Waals surface area contributed by atoms with Gasteiger partial charge in [-0.3, -0.25) is 10.1 Å². The quantitative estimate of drug-likeness (QED) is 0.479. The Labute approximate surface area is 110 Å². The molecule has 1 fully saturated rings. The van der Waals surface area contributed by atoms with Crippen LogP contribution < -0.4 is 4.90 Å². The van der Waals surface area contributed by atoms with Gasteiger partial charge in [0.25, 0.3) is 5.69 Å². The number of piperidine rings is 1. The lowest BCUT2D eigenvalue weighted by Gasteiger charge is -2.31. The van der Waals surface area contributed by atoms with Crippen molar-refractivity contribution in [2.45, 2.75) is 19.8 Å². The second-order valence-corrected chi connectivity index (χ2v) is 4.83. The molecule has 1 heterocycles. The molecule has 0 bridgehead atoms. The molecule has 102 valence electrons. The molecule has 2 rings (SSSR count). The summed E-state index contributed by atoms with van der Waals surface area (Å²) in [5, 5.41) is 11.0. The van der Waals surface area contributed by atoms with Crippen LogP contribution in [0.25, 0.3) is 0 Å². The zero-order chi connectivity index (χ0) is 14.0. The molecule has 1 aliphatic heterocycles. The summed E-state index contributed by atoms with van der Waals surface area (Å²) < 4.78 is 13.5. The molecule has 0 saturated carbocycles. The number of hydrogen-bond donors (Lipinski definition) is 0. The summed E-state index contributed by atoms with van der Waals surface area (Å²) in [6, 6.07) is 2.44. The van der Waals surface area contributed by atoms with E-state index >= 15 is 0 Å². The smallest absolute Gasteiger partial charge is 0.295 e. The Morgan fingerprint density at radius 2 is 2.26 bits per heavy atom. The van der Waals surface area contributed by atoms with E-state index in [-0.39, 0.29) is 11.6 Å².